The molecule has 4 nitrogen and oxygen atoms in total. The van der Waals surface area contributed by atoms with Crippen LogP contribution in [0.3, 0.4) is 0 Å². The molecular formula is C14H13N3O. The zero-order valence-corrected chi connectivity index (χ0v) is 10.3. The van der Waals surface area contributed by atoms with Gasteiger partial charge in [-0.1, -0.05) is 25.1 Å². The van der Waals surface area contributed by atoms with Crippen molar-refractivity contribution in [3.05, 3.63) is 35.7 Å². The van der Waals surface area contributed by atoms with Crippen LogP contribution in [0.25, 0.3) is 11.5 Å². The van der Waals surface area contributed by atoms with Crippen LogP contribution in [0.5, 0.6) is 0 Å². The minimum absolute atomic E-state index is 0.287. The van der Waals surface area contributed by atoms with E-state index >= 15 is 0 Å². The first-order valence-corrected chi connectivity index (χ1v) is 5.94. The number of nitrogens with zero attached hydrogens (tertiary/aromatic N) is 3. The Hall–Kier alpha value is -2.15. The Morgan fingerprint density at radius 2 is 2.22 bits per heavy atom. The average Bonchev–Trinajstić information content (AvgIpc) is 2.81. The average molecular weight is 239 g/mol. The summed E-state index contributed by atoms with van der Waals surface area (Å²) in [6, 6.07) is 9.31. The molecule has 2 aromatic rings. The molecule has 0 spiro atoms. The Bertz CT molecular complexity index is 636. The molecule has 1 aliphatic carbocycles. The molecule has 0 amide bonds. The van der Waals surface area contributed by atoms with Gasteiger partial charge in [0.25, 0.3) is 5.89 Å². The summed E-state index contributed by atoms with van der Waals surface area (Å²) < 4.78 is 5.27. The maximum absolute atomic E-state index is 8.86. The molecule has 1 fully saturated rings. The third-order valence-corrected chi connectivity index (χ3v) is 3.51. The first kappa shape index (κ1) is 11.0. The molecule has 4 heteroatoms. The Morgan fingerprint density at radius 3 is 2.89 bits per heavy atom. The number of nitriles is 1. The van der Waals surface area contributed by atoms with Gasteiger partial charge in [0.1, 0.15) is 0 Å². The van der Waals surface area contributed by atoms with Crippen LogP contribution in [-0.4, -0.2) is 10.1 Å². The molecule has 18 heavy (non-hydrogen) atoms. The maximum Gasteiger partial charge on any atom is 0.257 e. The van der Waals surface area contributed by atoms with Crippen molar-refractivity contribution in [2.24, 2.45) is 5.41 Å². The highest BCUT2D eigenvalue weighted by Crippen LogP contribution is 2.57. The van der Waals surface area contributed by atoms with Crippen molar-refractivity contribution in [1.29, 1.82) is 5.26 Å². The van der Waals surface area contributed by atoms with Crippen molar-refractivity contribution in [3.8, 4) is 17.5 Å². The van der Waals surface area contributed by atoms with E-state index in [9.17, 15) is 0 Å². The first-order valence-electron chi connectivity index (χ1n) is 5.94. The zero-order valence-electron chi connectivity index (χ0n) is 10.3. The fraction of sp³-hybridized carbons (Fsp3) is 0.357. The molecule has 1 atom stereocenters. The monoisotopic (exact) mass is 239 g/mol. The number of aromatic nitrogens is 2. The number of benzene rings is 1. The summed E-state index contributed by atoms with van der Waals surface area (Å²) in [5.41, 5.74) is 1.68. The highest BCUT2D eigenvalue weighted by Gasteiger charge is 2.49. The van der Waals surface area contributed by atoms with Crippen molar-refractivity contribution in [1.82, 2.24) is 10.1 Å². The lowest BCUT2D eigenvalue weighted by molar-refractivity contribution is 0.419. The lowest BCUT2D eigenvalue weighted by atomic mass is 10.1. The fourth-order valence-corrected chi connectivity index (χ4v) is 2.12. The van der Waals surface area contributed by atoms with Gasteiger partial charge in [-0.25, -0.2) is 0 Å². The van der Waals surface area contributed by atoms with Crippen LogP contribution in [0.15, 0.2) is 28.8 Å². The molecule has 1 saturated carbocycles. The first-order chi connectivity index (χ1) is 8.60. The summed E-state index contributed by atoms with van der Waals surface area (Å²) in [7, 11) is 0. The van der Waals surface area contributed by atoms with Gasteiger partial charge in [-0.05, 0) is 30.0 Å². The second-order valence-corrected chi connectivity index (χ2v) is 5.40. The third kappa shape index (κ3) is 1.78. The van der Waals surface area contributed by atoms with Crippen LogP contribution in [0.1, 0.15) is 37.6 Å². The van der Waals surface area contributed by atoms with Crippen LogP contribution in [0.2, 0.25) is 0 Å². The minimum Gasteiger partial charge on any atom is -0.334 e. The van der Waals surface area contributed by atoms with Crippen LogP contribution < -0.4 is 0 Å². The highest BCUT2D eigenvalue weighted by molar-refractivity contribution is 5.56. The summed E-state index contributed by atoms with van der Waals surface area (Å²) in [6.45, 7) is 4.40. The van der Waals surface area contributed by atoms with Crippen LogP contribution in [0, 0.1) is 16.7 Å². The Kier molecular flexibility index (Phi) is 2.24. The van der Waals surface area contributed by atoms with Gasteiger partial charge in [-0.2, -0.15) is 10.2 Å². The number of hydrogen-bond acceptors (Lipinski definition) is 4. The molecular weight excluding hydrogens is 226 g/mol. The van der Waals surface area contributed by atoms with Gasteiger partial charge in [0.15, 0.2) is 5.82 Å². The van der Waals surface area contributed by atoms with Gasteiger partial charge in [0.05, 0.1) is 11.6 Å². The molecule has 0 N–H and O–H groups in total. The van der Waals surface area contributed by atoms with E-state index in [0.717, 1.165) is 17.8 Å². The maximum atomic E-state index is 8.86. The number of rotatable bonds is 2. The zero-order chi connectivity index (χ0) is 12.8. The molecule has 1 aliphatic rings. The van der Waals surface area contributed by atoms with E-state index in [1.165, 1.54) is 0 Å². The Balaban J connectivity index is 1.92. The SMILES string of the molecule is CC1(C)CC1c1noc(-c2cccc(C#N)c2)n1. The fourth-order valence-electron chi connectivity index (χ4n) is 2.12. The predicted molar refractivity (Wildman–Crippen MR) is 65.6 cm³/mol. The van der Waals surface area contributed by atoms with Crippen LogP contribution in [0.4, 0.5) is 0 Å². The van der Waals surface area contributed by atoms with Gasteiger partial charge < -0.3 is 4.52 Å². The third-order valence-electron chi connectivity index (χ3n) is 3.51. The van der Waals surface area contributed by atoms with E-state index in [0.29, 0.717) is 17.4 Å². The van der Waals surface area contributed by atoms with E-state index in [2.05, 4.69) is 30.1 Å². The molecule has 3 rings (SSSR count). The van der Waals surface area contributed by atoms with E-state index in [1.54, 1.807) is 12.1 Å². The summed E-state index contributed by atoms with van der Waals surface area (Å²) >= 11 is 0. The van der Waals surface area contributed by atoms with Gasteiger partial charge >= 0.3 is 0 Å². The van der Waals surface area contributed by atoms with Gasteiger partial charge in [0, 0.05) is 11.5 Å². The van der Waals surface area contributed by atoms with E-state index in [-0.39, 0.29) is 5.41 Å². The minimum atomic E-state index is 0.287. The van der Waals surface area contributed by atoms with Crippen molar-refractivity contribution in [2.45, 2.75) is 26.2 Å². The molecule has 0 aliphatic heterocycles. The Morgan fingerprint density at radius 1 is 1.44 bits per heavy atom. The molecule has 0 bridgehead atoms. The molecule has 1 aromatic heterocycles. The summed E-state index contributed by atoms with van der Waals surface area (Å²) in [5, 5.41) is 12.9. The second-order valence-electron chi connectivity index (χ2n) is 5.40. The summed E-state index contributed by atoms with van der Waals surface area (Å²) in [4.78, 5) is 4.43. The lowest BCUT2D eigenvalue weighted by Gasteiger charge is -1.96. The highest BCUT2D eigenvalue weighted by atomic mass is 16.5. The molecule has 0 radical (unpaired) electrons. The van der Waals surface area contributed by atoms with Crippen molar-refractivity contribution in [2.75, 3.05) is 0 Å². The van der Waals surface area contributed by atoms with Crippen LogP contribution in [-0.2, 0) is 0 Å². The quantitative estimate of drug-likeness (QED) is 0.807. The molecule has 0 saturated heterocycles. The molecule has 1 heterocycles. The topological polar surface area (TPSA) is 62.7 Å². The molecule has 90 valence electrons. The number of hydrogen-bond donors (Lipinski definition) is 0. The van der Waals surface area contributed by atoms with Gasteiger partial charge in [-0.15, -0.1) is 0 Å². The van der Waals surface area contributed by atoms with Gasteiger partial charge in [-0.3, -0.25) is 0 Å². The van der Waals surface area contributed by atoms with E-state index in [4.69, 9.17) is 9.78 Å². The smallest absolute Gasteiger partial charge is 0.257 e. The van der Waals surface area contributed by atoms with Crippen molar-refractivity contribution < 1.29 is 4.52 Å². The van der Waals surface area contributed by atoms with Crippen LogP contribution >= 0.6 is 0 Å². The standard InChI is InChI=1S/C14H13N3O/c1-14(2)7-11(14)12-16-13(18-17-12)10-5-3-4-9(6-10)8-15/h3-6,11H,7H2,1-2H3. The normalized spacial score (nSPS) is 20.4. The van der Waals surface area contributed by atoms with Gasteiger partial charge in [0.2, 0.25) is 0 Å². The largest absolute Gasteiger partial charge is 0.334 e. The van der Waals surface area contributed by atoms with E-state index < -0.39 is 0 Å². The summed E-state index contributed by atoms with van der Waals surface area (Å²) in [6.07, 6.45) is 1.10. The van der Waals surface area contributed by atoms with E-state index in [1.807, 2.05) is 12.1 Å². The summed E-state index contributed by atoms with van der Waals surface area (Å²) in [5.74, 6) is 1.66. The Labute approximate surface area is 105 Å². The molecule has 1 aromatic carbocycles. The predicted octanol–water partition coefficient (Wildman–Crippen LogP) is 3.12. The lowest BCUT2D eigenvalue weighted by Crippen LogP contribution is -1.91. The van der Waals surface area contributed by atoms with Crippen molar-refractivity contribution >= 4 is 0 Å². The van der Waals surface area contributed by atoms with Crippen molar-refractivity contribution in [3.63, 3.8) is 0 Å². The second kappa shape index (κ2) is 3.67. The molecule has 1 unspecified atom stereocenters.